The molecular formula is C15H16BN5O. The van der Waals surface area contributed by atoms with Gasteiger partial charge in [0.2, 0.25) is 0 Å². The molecule has 0 radical (unpaired) electrons. The van der Waals surface area contributed by atoms with Crippen molar-refractivity contribution in [2.45, 2.75) is 19.2 Å². The number of nitrogens with zero attached hydrogens (tertiary/aromatic N) is 5. The first kappa shape index (κ1) is 14.3. The second kappa shape index (κ2) is 6.90. The van der Waals surface area contributed by atoms with Crippen LogP contribution in [0.5, 0.6) is 5.88 Å². The van der Waals surface area contributed by atoms with Crippen LogP contribution in [-0.4, -0.2) is 34.8 Å². The van der Waals surface area contributed by atoms with Crippen LogP contribution in [0.3, 0.4) is 0 Å². The van der Waals surface area contributed by atoms with E-state index in [4.69, 9.17) is 10.00 Å². The summed E-state index contributed by atoms with van der Waals surface area (Å²) in [6.45, 7) is 2.20. The molecule has 3 heterocycles. The van der Waals surface area contributed by atoms with Crippen LogP contribution >= 0.6 is 0 Å². The van der Waals surface area contributed by atoms with Gasteiger partial charge in [-0.2, -0.15) is 0 Å². The van der Waals surface area contributed by atoms with E-state index >= 15 is 0 Å². The summed E-state index contributed by atoms with van der Waals surface area (Å²) in [5.41, 5.74) is 1.04. The van der Waals surface area contributed by atoms with Gasteiger partial charge >= 0.3 is 0 Å². The highest BCUT2D eigenvalue weighted by Crippen LogP contribution is 2.26. The van der Waals surface area contributed by atoms with E-state index in [-0.39, 0.29) is 6.71 Å². The van der Waals surface area contributed by atoms with Gasteiger partial charge in [0, 0.05) is 43.8 Å². The first-order valence-electron chi connectivity index (χ1n) is 7.34. The van der Waals surface area contributed by atoms with Gasteiger partial charge in [-0.3, -0.25) is 4.98 Å². The highest BCUT2D eigenvalue weighted by atomic mass is 16.5. The molecule has 0 bridgehead atoms. The van der Waals surface area contributed by atoms with E-state index in [1.807, 2.05) is 12.1 Å². The van der Waals surface area contributed by atoms with Crippen LogP contribution < -0.4 is 9.64 Å². The summed E-state index contributed by atoms with van der Waals surface area (Å²) in [7, 11) is 0. The van der Waals surface area contributed by atoms with Gasteiger partial charge in [-0.1, -0.05) is 0 Å². The lowest BCUT2D eigenvalue weighted by atomic mass is 9.45. The van der Waals surface area contributed by atoms with E-state index in [1.165, 1.54) is 0 Å². The Morgan fingerprint density at radius 2 is 1.86 bits per heavy atom. The van der Waals surface area contributed by atoms with Crippen LogP contribution in [0.15, 0.2) is 36.9 Å². The molecule has 2 aromatic heterocycles. The lowest BCUT2D eigenvalue weighted by Gasteiger charge is -2.29. The second-order valence-corrected chi connectivity index (χ2v) is 5.22. The Bertz CT molecular complexity index is 652. The number of hydrogen-bond donors (Lipinski definition) is 0. The smallest absolute Gasteiger partial charge is 0.271 e. The minimum Gasteiger partial charge on any atom is -0.470 e. The Balaban J connectivity index is 1.69. The van der Waals surface area contributed by atoms with Gasteiger partial charge in [-0.25, -0.2) is 15.2 Å². The van der Waals surface area contributed by atoms with Crippen molar-refractivity contribution >= 4 is 12.5 Å². The molecule has 0 unspecified atom stereocenters. The summed E-state index contributed by atoms with van der Waals surface area (Å²) < 4.78 is 5.82. The maximum absolute atomic E-state index is 8.99. The zero-order chi connectivity index (χ0) is 15.2. The monoisotopic (exact) mass is 293 g/mol. The topological polar surface area (TPSA) is 74.9 Å². The van der Waals surface area contributed by atoms with Gasteiger partial charge in [-0.05, 0) is 30.3 Å². The SMILES string of the molecule is N#CB1CCN(c2nccnc2OCc2ccncc2)CC1. The van der Waals surface area contributed by atoms with Gasteiger partial charge in [0.05, 0.1) is 0 Å². The molecule has 7 heteroatoms. The summed E-state index contributed by atoms with van der Waals surface area (Å²) in [6.07, 6.45) is 8.50. The zero-order valence-corrected chi connectivity index (χ0v) is 12.2. The Kier molecular flexibility index (Phi) is 4.49. The molecule has 110 valence electrons. The second-order valence-electron chi connectivity index (χ2n) is 5.22. The van der Waals surface area contributed by atoms with Crippen LogP contribution in [0.4, 0.5) is 5.82 Å². The fraction of sp³-hybridized carbons (Fsp3) is 0.333. The molecule has 1 fully saturated rings. The van der Waals surface area contributed by atoms with E-state index < -0.39 is 0 Å². The molecule has 0 aliphatic carbocycles. The molecule has 1 aliphatic rings. The molecule has 1 aliphatic heterocycles. The van der Waals surface area contributed by atoms with Crippen molar-refractivity contribution in [3.8, 4) is 11.8 Å². The summed E-state index contributed by atoms with van der Waals surface area (Å²) >= 11 is 0. The van der Waals surface area contributed by atoms with Gasteiger partial charge in [0.15, 0.2) is 5.82 Å². The van der Waals surface area contributed by atoms with Crippen molar-refractivity contribution < 1.29 is 4.74 Å². The molecular weight excluding hydrogens is 277 g/mol. The largest absolute Gasteiger partial charge is 0.470 e. The van der Waals surface area contributed by atoms with E-state index in [1.54, 1.807) is 24.8 Å². The van der Waals surface area contributed by atoms with Crippen molar-refractivity contribution in [2.75, 3.05) is 18.0 Å². The van der Waals surface area contributed by atoms with Crippen molar-refractivity contribution in [1.29, 1.82) is 5.26 Å². The van der Waals surface area contributed by atoms with E-state index in [0.717, 1.165) is 37.1 Å². The quantitative estimate of drug-likeness (QED) is 0.800. The average molecular weight is 293 g/mol. The number of aromatic nitrogens is 3. The molecule has 3 rings (SSSR count). The molecule has 0 saturated carbocycles. The average Bonchev–Trinajstić information content (AvgIpc) is 2.61. The minimum absolute atomic E-state index is 0.147. The summed E-state index contributed by atoms with van der Waals surface area (Å²) in [4.78, 5) is 14.8. The Morgan fingerprint density at radius 1 is 1.14 bits per heavy atom. The molecule has 0 aromatic carbocycles. The minimum atomic E-state index is 0.147. The maximum atomic E-state index is 8.99. The summed E-state index contributed by atoms with van der Waals surface area (Å²) in [5.74, 6) is 3.63. The standard InChI is InChI=1S/C15H16BN5O/c17-12-16-3-9-21(10-4-16)14-15(20-8-7-19-14)22-11-13-1-5-18-6-2-13/h1-2,5-8H,3-4,9-11H2. The predicted octanol–water partition coefficient (Wildman–Crippen LogP) is 1.83. The van der Waals surface area contributed by atoms with E-state index in [9.17, 15) is 0 Å². The Hall–Kier alpha value is -2.62. The molecule has 0 N–H and O–H groups in total. The van der Waals surface area contributed by atoms with Gasteiger partial charge in [-0.15, -0.1) is 0 Å². The number of ether oxygens (including phenoxy) is 1. The first-order valence-corrected chi connectivity index (χ1v) is 7.34. The van der Waals surface area contributed by atoms with Crippen LogP contribution in [0.2, 0.25) is 12.6 Å². The van der Waals surface area contributed by atoms with Crippen molar-refractivity contribution in [3.05, 3.63) is 42.5 Å². The van der Waals surface area contributed by atoms with Gasteiger partial charge < -0.3 is 9.64 Å². The molecule has 0 atom stereocenters. The van der Waals surface area contributed by atoms with Crippen molar-refractivity contribution in [2.24, 2.45) is 0 Å². The molecule has 1 saturated heterocycles. The summed E-state index contributed by atoms with van der Waals surface area (Å²) in [5, 5.41) is 8.99. The number of anilines is 1. The molecule has 0 spiro atoms. The molecule has 22 heavy (non-hydrogen) atoms. The lowest BCUT2D eigenvalue weighted by molar-refractivity contribution is 0.292. The normalized spacial score (nSPS) is 14.5. The van der Waals surface area contributed by atoms with Crippen LogP contribution in [-0.2, 0) is 6.61 Å². The Labute approximate surface area is 129 Å². The zero-order valence-electron chi connectivity index (χ0n) is 12.2. The number of nitriles is 1. The van der Waals surface area contributed by atoms with E-state index in [0.29, 0.717) is 12.5 Å². The fourth-order valence-corrected chi connectivity index (χ4v) is 2.49. The van der Waals surface area contributed by atoms with Crippen molar-refractivity contribution in [3.63, 3.8) is 0 Å². The summed E-state index contributed by atoms with van der Waals surface area (Å²) in [6, 6.07) is 3.82. The lowest BCUT2D eigenvalue weighted by Crippen LogP contribution is -2.37. The third-order valence-electron chi connectivity index (χ3n) is 3.75. The van der Waals surface area contributed by atoms with Crippen LogP contribution in [0.1, 0.15) is 5.56 Å². The maximum Gasteiger partial charge on any atom is 0.271 e. The van der Waals surface area contributed by atoms with Crippen molar-refractivity contribution in [1.82, 2.24) is 15.0 Å². The predicted molar refractivity (Wildman–Crippen MR) is 83.8 cm³/mol. The highest BCUT2D eigenvalue weighted by molar-refractivity contribution is 6.67. The van der Waals surface area contributed by atoms with Crippen LogP contribution in [0.25, 0.3) is 0 Å². The van der Waals surface area contributed by atoms with E-state index in [2.05, 4.69) is 25.8 Å². The number of hydrogen-bond acceptors (Lipinski definition) is 6. The molecule has 0 amide bonds. The van der Waals surface area contributed by atoms with Crippen LogP contribution in [0, 0.1) is 11.2 Å². The van der Waals surface area contributed by atoms with Gasteiger partial charge in [0.25, 0.3) is 12.6 Å². The molecule has 2 aromatic rings. The third-order valence-corrected chi connectivity index (χ3v) is 3.75. The van der Waals surface area contributed by atoms with Gasteiger partial charge in [0.1, 0.15) is 6.61 Å². The third kappa shape index (κ3) is 3.34. The first-order chi connectivity index (χ1) is 10.9. The number of rotatable bonds is 4. The fourth-order valence-electron chi connectivity index (χ4n) is 2.49. The number of pyridine rings is 1. The highest BCUT2D eigenvalue weighted by Gasteiger charge is 2.25. The molecule has 6 nitrogen and oxygen atoms in total. The Morgan fingerprint density at radius 3 is 2.59 bits per heavy atom.